The molecule has 1 heterocycles. The van der Waals surface area contributed by atoms with Gasteiger partial charge in [-0.3, -0.25) is 0 Å². The Morgan fingerprint density at radius 1 is 1.00 bits per heavy atom. The average Bonchev–Trinajstić information content (AvgIpc) is 3.00. The minimum atomic E-state index is -0.907. The average molecular weight is 619 g/mol. The van der Waals surface area contributed by atoms with E-state index in [4.69, 9.17) is 14.2 Å². The van der Waals surface area contributed by atoms with Crippen LogP contribution in [0.15, 0.2) is 95.5 Å². The van der Waals surface area contributed by atoms with Crippen LogP contribution < -0.4 is 4.74 Å². The molecule has 41 heavy (non-hydrogen) atoms. The van der Waals surface area contributed by atoms with Crippen LogP contribution in [0.25, 0.3) is 10.8 Å². The van der Waals surface area contributed by atoms with Crippen LogP contribution in [0.1, 0.15) is 48.5 Å². The van der Waals surface area contributed by atoms with Gasteiger partial charge in [-0.25, -0.2) is 4.79 Å². The number of fused-ring (bicyclic) bond motifs is 1. The zero-order chi connectivity index (χ0) is 28.6. The van der Waals surface area contributed by atoms with Crippen molar-refractivity contribution in [3.63, 3.8) is 0 Å². The van der Waals surface area contributed by atoms with Crippen LogP contribution in [0.4, 0.5) is 4.79 Å². The second-order valence-corrected chi connectivity index (χ2v) is 11.3. The number of ether oxygens (including phenoxy) is 3. The molecule has 0 bridgehead atoms. The molecule has 1 fully saturated rings. The summed E-state index contributed by atoms with van der Waals surface area (Å²) in [5.41, 5.74) is 3.36. The molecule has 214 valence electrons. The summed E-state index contributed by atoms with van der Waals surface area (Å²) in [5.74, 6) is 0.896. The first kappa shape index (κ1) is 29.1. The molecule has 1 aliphatic heterocycles. The van der Waals surface area contributed by atoms with Crippen molar-refractivity contribution in [2.24, 2.45) is 0 Å². The van der Waals surface area contributed by atoms with E-state index in [-0.39, 0.29) is 18.1 Å². The first-order valence-electron chi connectivity index (χ1n) is 14.1. The van der Waals surface area contributed by atoms with E-state index < -0.39 is 6.09 Å². The van der Waals surface area contributed by atoms with Crippen LogP contribution in [0.3, 0.4) is 0 Å². The summed E-state index contributed by atoms with van der Waals surface area (Å²) in [4.78, 5) is 13.3. The fourth-order valence-electron chi connectivity index (χ4n) is 5.38. The van der Waals surface area contributed by atoms with Gasteiger partial charge in [0.2, 0.25) is 0 Å². The highest BCUT2D eigenvalue weighted by atomic mass is 79.9. The maximum Gasteiger partial charge on any atom is 0.407 e. The van der Waals surface area contributed by atoms with Gasteiger partial charge in [0.05, 0.1) is 38.6 Å². The van der Waals surface area contributed by atoms with Gasteiger partial charge in [0.1, 0.15) is 5.75 Å². The molecular formula is C34H36BrNO5. The van der Waals surface area contributed by atoms with Gasteiger partial charge in [-0.1, -0.05) is 82.7 Å². The van der Waals surface area contributed by atoms with Gasteiger partial charge in [-0.15, -0.1) is 0 Å². The molecule has 3 atom stereocenters. The third-order valence-corrected chi connectivity index (χ3v) is 8.34. The number of carboxylic acid groups (broad SMARTS) is 1. The molecule has 4 aromatic carbocycles. The first-order chi connectivity index (χ1) is 20.0. The predicted octanol–water partition coefficient (Wildman–Crippen LogP) is 8.20. The largest absolute Gasteiger partial charge is 0.494 e. The number of rotatable bonds is 11. The van der Waals surface area contributed by atoms with Crippen LogP contribution in [-0.2, 0) is 16.1 Å². The minimum Gasteiger partial charge on any atom is -0.494 e. The second-order valence-electron chi connectivity index (χ2n) is 10.5. The summed E-state index contributed by atoms with van der Waals surface area (Å²) in [7, 11) is 0. The van der Waals surface area contributed by atoms with Gasteiger partial charge in [-0.2, -0.15) is 0 Å². The van der Waals surface area contributed by atoms with E-state index in [1.807, 2.05) is 49.4 Å². The number of nitrogens with zero attached hydrogens (tertiary/aromatic N) is 1. The lowest BCUT2D eigenvalue weighted by Crippen LogP contribution is -2.46. The maximum absolute atomic E-state index is 11.8. The Balaban J connectivity index is 1.19. The highest BCUT2D eigenvalue weighted by Crippen LogP contribution is 2.35. The molecule has 0 saturated carbocycles. The van der Waals surface area contributed by atoms with Crippen LogP contribution >= 0.6 is 15.9 Å². The molecule has 0 spiro atoms. The summed E-state index contributed by atoms with van der Waals surface area (Å²) < 4.78 is 19.3. The van der Waals surface area contributed by atoms with Crippen molar-refractivity contribution in [2.45, 2.75) is 44.5 Å². The Morgan fingerprint density at radius 3 is 2.59 bits per heavy atom. The van der Waals surface area contributed by atoms with Crippen molar-refractivity contribution in [3.8, 4) is 5.75 Å². The van der Waals surface area contributed by atoms with Gasteiger partial charge in [0.15, 0.2) is 0 Å². The quantitative estimate of drug-likeness (QED) is 0.172. The predicted molar refractivity (Wildman–Crippen MR) is 165 cm³/mol. The molecule has 0 aliphatic carbocycles. The van der Waals surface area contributed by atoms with E-state index in [0.717, 1.165) is 38.5 Å². The summed E-state index contributed by atoms with van der Waals surface area (Å²) in [6.45, 7) is 4.68. The molecule has 1 amide bonds. The van der Waals surface area contributed by atoms with Crippen molar-refractivity contribution in [2.75, 3.05) is 26.3 Å². The van der Waals surface area contributed by atoms with E-state index in [9.17, 15) is 9.90 Å². The van der Waals surface area contributed by atoms with Crippen LogP contribution in [0.2, 0.25) is 0 Å². The van der Waals surface area contributed by atoms with Crippen molar-refractivity contribution in [1.29, 1.82) is 0 Å². The number of likely N-dealkylation sites (tertiary alicyclic amines) is 1. The smallest absolute Gasteiger partial charge is 0.407 e. The van der Waals surface area contributed by atoms with Crippen LogP contribution in [0.5, 0.6) is 5.75 Å². The van der Waals surface area contributed by atoms with Gasteiger partial charge >= 0.3 is 6.09 Å². The maximum atomic E-state index is 11.8. The number of hydrogen-bond acceptors (Lipinski definition) is 4. The fraction of sp³-hybridized carbons (Fsp3) is 0.324. The summed E-state index contributed by atoms with van der Waals surface area (Å²) in [5, 5.41) is 12.0. The summed E-state index contributed by atoms with van der Waals surface area (Å²) >= 11 is 3.65. The topological polar surface area (TPSA) is 68.2 Å². The molecule has 4 aromatic rings. The molecule has 0 aromatic heterocycles. The van der Waals surface area contributed by atoms with E-state index in [1.165, 1.54) is 10.5 Å². The molecule has 1 aliphatic rings. The Bertz CT molecular complexity index is 1430. The lowest BCUT2D eigenvalue weighted by Gasteiger charge is -2.38. The number of hydrogen-bond donors (Lipinski definition) is 1. The van der Waals surface area contributed by atoms with Gasteiger partial charge < -0.3 is 24.2 Å². The molecule has 1 saturated heterocycles. The van der Waals surface area contributed by atoms with Gasteiger partial charge in [0, 0.05) is 23.4 Å². The van der Waals surface area contributed by atoms with E-state index in [0.29, 0.717) is 39.3 Å². The molecule has 5 rings (SSSR count). The van der Waals surface area contributed by atoms with E-state index >= 15 is 0 Å². The van der Waals surface area contributed by atoms with Crippen LogP contribution in [-0.4, -0.2) is 48.5 Å². The number of piperidine rings is 1. The minimum absolute atomic E-state index is 0.0840. The monoisotopic (exact) mass is 617 g/mol. The van der Waals surface area contributed by atoms with E-state index in [1.54, 1.807) is 0 Å². The lowest BCUT2D eigenvalue weighted by atomic mass is 9.86. The van der Waals surface area contributed by atoms with Crippen molar-refractivity contribution in [1.82, 2.24) is 4.90 Å². The Morgan fingerprint density at radius 2 is 1.80 bits per heavy atom. The third-order valence-electron chi connectivity index (χ3n) is 7.65. The molecule has 7 heteroatoms. The summed E-state index contributed by atoms with van der Waals surface area (Å²) in [6.07, 6.45) is 0.140. The highest BCUT2D eigenvalue weighted by Gasteiger charge is 2.34. The van der Waals surface area contributed by atoms with Gasteiger partial charge in [0.25, 0.3) is 0 Å². The molecule has 3 unspecified atom stereocenters. The van der Waals surface area contributed by atoms with Crippen molar-refractivity contribution < 1.29 is 24.1 Å². The Hall–Kier alpha value is -3.39. The number of halogens is 1. The zero-order valence-corrected chi connectivity index (χ0v) is 24.8. The SMILES string of the molecule is CC(OC1CN(C(=O)O)CCC1c1ccc(OCCCOCc2ccccc2)cc1)c1ccc2cccc(Br)c2c1. The first-order valence-corrected chi connectivity index (χ1v) is 14.9. The molecule has 0 radical (unpaired) electrons. The fourth-order valence-corrected chi connectivity index (χ4v) is 5.88. The van der Waals surface area contributed by atoms with Crippen LogP contribution in [0, 0.1) is 0 Å². The third kappa shape index (κ3) is 7.67. The highest BCUT2D eigenvalue weighted by molar-refractivity contribution is 9.10. The molecule has 6 nitrogen and oxygen atoms in total. The summed E-state index contributed by atoms with van der Waals surface area (Å²) in [6, 6.07) is 30.8. The standard InChI is InChI=1S/C34H36BrNO5/c1-24(28-12-11-26-9-5-10-32(35)31(26)21-28)41-33-22-36(34(37)38)18-17-30(33)27-13-15-29(16-14-27)40-20-6-19-39-23-25-7-3-2-4-8-25/h2-5,7-16,21,24,30,33H,6,17-20,22-23H2,1H3,(H,37,38). The van der Waals surface area contributed by atoms with Gasteiger partial charge in [-0.05, 0) is 65.1 Å². The van der Waals surface area contributed by atoms with Crippen molar-refractivity contribution >= 4 is 32.8 Å². The Kier molecular flexibility index (Phi) is 9.93. The second kappa shape index (κ2) is 14.0. The lowest BCUT2D eigenvalue weighted by molar-refractivity contribution is -0.0501. The normalized spacial score (nSPS) is 17.9. The van der Waals surface area contributed by atoms with E-state index in [2.05, 4.69) is 64.5 Å². The van der Waals surface area contributed by atoms with Crippen molar-refractivity contribution in [3.05, 3.63) is 112 Å². The molecular weight excluding hydrogens is 582 g/mol. The number of benzene rings is 4. The Labute approximate surface area is 250 Å². The molecule has 1 N–H and O–H groups in total. The zero-order valence-electron chi connectivity index (χ0n) is 23.2. The number of carbonyl (C=O) groups is 1. The number of amides is 1.